The SMILES string of the molecule is C=CCN(CC(=O)N1CCc2sccc2[C@@H]1c1ccc(C)cc1)C(=O)CCCCC. The molecule has 0 bridgehead atoms. The van der Waals surface area contributed by atoms with Crippen molar-refractivity contribution in [1.82, 2.24) is 9.80 Å². The number of unbranched alkanes of at least 4 members (excludes halogenated alkanes) is 2. The molecule has 30 heavy (non-hydrogen) atoms. The molecule has 2 heterocycles. The highest BCUT2D eigenvalue weighted by molar-refractivity contribution is 7.10. The Bertz CT molecular complexity index is 872. The van der Waals surface area contributed by atoms with E-state index < -0.39 is 0 Å². The smallest absolute Gasteiger partial charge is 0.243 e. The fourth-order valence-corrected chi connectivity index (χ4v) is 4.95. The number of fused-ring (bicyclic) bond motifs is 1. The van der Waals surface area contributed by atoms with Gasteiger partial charge in [-0.1, -0.05) is 55.7 Å². The molecule has 1 aromatic heterocycles. The van der Waals surface area contributed by atoms with E-state index in [9.17, 15) is 9.59 Å². The highest BCUT2D eigenvalue weighted by atomic mass is 32.1. The molecule has 0 saturated heterocycles. The third-order valence-corrected chi connectivity index (χ3v) is 6.70. The Morgan fingerprint density at radius 3 is 2.70 bits per heavy atom. The lowest BCUT2D eigenvalue weighted by Gasteiger charge is -2.37. The van der Waals surface area contributed by atoms with Gasteiger partial charge in [0.05, 0.1) is 6.04 Å². The molecule has 5 heteroatoms. The van der Waals surface area contributed by atoms with Crippen LogP contribution in [-0.4, -0.2) is 41.2 Å². The number of carbonyl (C=O) groups is 2. The minimum absolute atomic E-state index is 0.00289. The lowest BCUT2D eigenvalue weighted by atomic mass is 9.92. The summed E-state index contributed by atoms with van der Waals surface area (Å²) in [6.07, 6.45) is 6.03. The molecular weight excluding hydrogens is 392 g/mol. The van der Waals surface area contributed by atoms with Crippen molar-refractivity contribution < 1.29 is 9.59 Å². The summed E-state index contributed by atoms with van der Waals surface area (Å²) in [4.78, 5) is 31.0. The normalized spacial score (nSPS) is 15.5. The van der Waals surface area contributed by atoms with Crippen molar-refractivity contribution in [2.45, 2.75) is 52.0 Å². The first-order valence-electron chi connectivity index (χ1n) is 10.9. The van der Waals surface area contributed by atoms with Crippen LogP contribution < -0.4 is 0 Å². The summed E-state index contributed by atoms with van der Waals surface area (Å²) < 4.78 is 0. The molecule has 0 unspecified atom stereocenters. The van der Waals surface area contributed by atoms with Crippen LogP contribution in [0.3, 0.4) is 0 Å². The predicted octanol–water partition coefficient (Wildman–Crippen LogP) is 5.13. The van der Waals surface area contributed by atoms with E-state index in [0.717, 1.165) is 31.2 Å². The summed E-state index contributed by atoms with van der Waals surface area (Å²) in [6.45, 7) is 9.16. The van der Waals surface area contributed by atoms with Crippen molar-refractivity contribution in [2.75, 3.05) is 19.6 Å². The third kappa shape index (κ3) is 5.20. The minimum Gasteiger partial charge on any atom is -0.330 e. The molecular formula is C25H32N2O2S. The Morgan fingerprint density at radius 2 is 2.00 bits per heavy atom. The molecule has 3 rings (SSSR count). The Hall–Kier alpha value is -2.40. The summed E-state index contributed by atoms with van der Waals surface area (Å²) in [5.74, 6) is 0.0416. The molecule has 2 aromatic rings. The van der Waals surface area contributed by atoms with Gasteiger partial charge in [-0.15, -0.1) is 17.9 Å². The Kier molecular flexibility index (Phi) is 7.86. The van der Waals surface area contributed by atoms with Gasteiger partial charge >= 0.3 is 0 Å². The van der Waals surface area contributed by atoms with Crippen molar-refractivity contribution >= 4 is 23.2 Å². The lowest BCUT2D eigenvalue weighted by molar-refractivity contribution is -0.141. The fourth-order valence-electron chi connectivity index (χ4n) is 4.04. The molecule has 0 N–H and O–H groups in total. The fraction of sp³-hybridized carbons (Fsp3) is 0.440. The Morgan fingerprint density at radius 1 is 1.23 bits per heavy atom. The zero-order chi connectivity index (χ0) is 21.5. The summed E-state index contributed by atoms with van der Waals surface area (Å²) in [5.41, 5.74) is 3.54. The van der Waals surface area contributed by atoms with Crippen LogP contribution >= 0.6 is 11.3 Å². The lowest BCUT2D eigenvalue weighted by Crippen LogP contribution is -2.46. The highest BCUT2D eigenvalue weighted by Gasteiger charge is 2.33. The van der Waals surface area contributed by atoms with Gasteiger partial charge in [0.2, 0.25) is 11.8 Å². The van der Waals surface area contributed by atoms with Gasteiger partial charge in [0, 0.05) is 24.4 Å². The molecule has 2 amide bonds. The summed E-state index contributed by atoms with van der Waals surface area (Å²) in [6, 6.07) is 10.5. The Balaban J connectivity index is 1.80. The first-order valence-corrected chi connectivity index (χ1v) is 11.7. The summed E-state index contributed by atoms with van der Waals surface area (Å²) in [5, 5.41) is 2.11. The number of thiophene rings is 1. The Labute approximate surface area is 184 Å². The molecule has 4 nitrogen and oxygen atoms in total. The van der Waals surface area contributed by atoms with Crippen molar-refractivity contribution in [3.63, 3.8) is 0 Å². The van der Waals surface area contributed by atoms with E-state index in [4.69, 9.17) is 0 Å². The second kappa shape index (κ2) is 10.6. The molecule has 0 spiro atoms. The number of amides is 2. The van der Waals surface area contributed by atoms with Crippen LogP contribution in [0, 0.1) is 6.92 Å². The molecule has 0 aliphatic carbocycles. The molecule has 0 fully saturated rings. The maximum atomic E-state index is 13.4. The highest BCUT2D eigenvalue weighted by Crippen LogP contribution is 2.37. The number of hydrogen-bond acceptors (Lipinski definition) is 3. The van der Waals surface area contributed by atoms with E-state index >= 15 is 0 Å². The monoisotopic (exact) mass is 424 g/mol. The first-order chi connectivity index (χ1) is 14.5. The van der Waals surface area contributed by atoms with Crippen LogP contribution in [0.1, 0.15) is 60.2 Å². The average molecular weight is 425 g/mol. The van der Waals surface area contributed by atoms with Crippen LogP contribution in [0.5, 0.6) is 0 Å². The summed E-state index contributed by atoms with van der Waals surface area (Å²) in [7, 11) is 0. The zero-order valence-electron chi connectivity index (χ0n) is 18.1. The van der Waals surface area contributed by atoms with Gasteiger partial charge in [-0.25, -0.2) is 0 Å². The number of nitrogens with zero attached hydrogens (tertiary/aromatic N) is 2. The largest absolute Gasteiger partial charge is 0.330 e. The van der Waals surface area contributed by atoms with Crippen LogP contribution in [0.25, 0.3) is 0 Å². The number of rotatable bonds is 9. The van der Waals surface area contributed by atoms with Gasteiger partial charge in [-0.3, -0.25) is 9.59 Å². The van der Waals surface area contributed by atoms with E-state index in [-0.39, 0.29) is 24.4 Å². The van der Waals surface area contributed by atoms with Crippen molar-refractivity contribution in [3.05, 3.63) is 69.9 Å². The van der Waals surface area contributed by atoms with Gasteiger partial charge in [-0.2, -0.15) is 0 Å². The van der Waals surface area contributed by atoms with Crippen molar-refractivity contribution in [3.8, 4) is 0 Å². The van der Waals surface area contributed by atoms with Gasteiger partial charge in [0.25, 0.3) is 0 Å². The second-order valence-corrected chi connectivity index (χ2v) is 8.97. The van der Waals surface area contributed by atoms with Crippen LogP contribution in [0.2, 0.25) is 0 Å². The van der Waals surface area contributed by atoms with Gasteiger partial charge in [0.15, 0.2) is 0 Å². The molecule has 0 radical (unpaired) electrons. The average Bonchev–Trinajstić information content (AvgIpc) is 3.22. The van der Waals surface area contributed by atoms with E-state index in [0.29, 0.717) is 19.5 Å². The van der Waals surface area contributed by atoms with E-state index in [1.807, 2.05) is 4.90 Å². The summed E-state index contributed by atoms with van der Waals surface area (Å²) >= 11 is 1.76. The van der Waals surface area contributed by atoms with E-state index in [1.54, 1.807) is 22.3 Å². The molecule has 1 aliphatic heterocycles. The molecule has 160 valence electrons. The molecule has 1 aliphatic rings. The molecule has 0 saturated carbocycles. The van der Waals surface area contributed by atoms with Crippen LogP contribution in [0.4, 0.5) is 0 Å². The quantitative estimate of drug-likeness (QED) is 0.414. The molecule has 1 atom stereocenters. The molecule has 1 aromatic carbocycles. The van der Waals surface area contributed by atoms with E-state index in [2.05, 4.69) is 56.1 Å². The van der Waals surface area contributed by atoms with Crippen LogP contribution in [0.15, 0.2) is 48.4 Å². The first kappa shape index (κ1) is 22.3. The second-order valence-electron chi connectivity index (χ2n) is 7.97. The maximum absolute atomic E-state index is 13.4. The number of aryl methyl sites for hydroxylation is 1. The standard InChI is InChI=1S/C25H32N2O2S/c1-4-6-7-8-23(28)26(15-5-2)18-24(29)27-16-13-22-21(14-17-30-22)25(27)20-11-9-19(3)10-12-20/h5,9-12,14,17,25H,2,4,6-8,13,15-16,18H2,1,3H3/t25-/m0/s1. The zero-order valence-corrected chi connectivity index (χ0v) is 18.9. The number of carbonyl (C=O) groups excluding carboxylic acids is 2. The van der Waals surface area contributed by atoms with Gasteiger partial charge < -0.3 is 9.80 Å². The van der Waals surface area contributed by atoms with Crippen molar-refractivity contribution in [2.24, 2.45) is 0 Å². The van der Waals surface area contributed by atoms with E-state index in [1.165, 1.54) is 16.0 Å². The van der Waals surface area contributed by atoms with Crippen molar-refractivity contribution in [1.29, 1.82) is 0 Å². The number of hydrogen-bond donors (Lipinski definition) is 0. The maximum Gasteiger partial charge on any atom is 0.243 e. The minimum atomic E-state index is -0.0890. The number of benzene rings is 1. The van der Waals surface area contributed by atoms with Gasteiger partial charge in [0.1, 0.15) is 6.54 Å². The third-order valence-electron chi connectivity index (χ3n) is 5.70. The topological polar surface area (TPSA) is 40.6 Å². The van der Waals surface area contributed by atoms with Crippen LogP contribution in [-0.2, 0) is 16.0 Å². The predicted molar refractivity (Wildman–Crippen MR) is 124 cm³/mol. The van der Waals surface area contributed by atoms with Gasteiger partial charge in [-0.05, 0) is 42.3 Å².